The SMILES string of the molecule is O=[N+]([O-])c1cc2c(cc1NCc1ccsc1)OCO2. The summed E-state index contributed by atoms with van der Waals surface area (Å²) in [5, 5.41) is 18.1. The van der Waals surface area contributed by atoms with Crippen LogP contribution in [0.25, 0.3) is 0 Å². The summed E-state index contributed by atoms with van der Waals surface area (Å²) in [4.78, 5) is 10.6. The number of anilines is 1. The minimum absolute atomic E-state index is 0.0144. The van der Waals surface area contributed by atoms with Gasteiger partial charge in [-0.15, -0.1) is 0 Å². The van der Waals surface area contributed by atoms with Crippen molar-refractivity contribution in [1.82, 2.24) is 0 Å². The second-order valence-electron chi connectivity index (χ2n) is 3.96. The lowest BCUT2D eigenvalue weighted by molar-refractivity contribution is -0.384. The molecule has 1 aromatic heterocycles. The van der Waals surface area contributed by atoms with E-state index in [-0.39, 0.29) is 12.5 Å². The molecule has 2 heterocycles. The first-order chi connectivity index (χ1) is 9.24. The third-order valence-corrected chi connectivity index (χ3v) is 3.48. The van der Waals surface area contributed by atoms with Crippen LogP contribution in [0.1, 0.15) is 5.56 Å². The van der Waals surface area contributed by atoms with Crippen molar-refractivity contribution in [2.45, 2.75) is 6.54 Å². The monoisotopic (exact) mass is 278 g/mol. The van der Waals surface area contributed by atoms with Gasteiger partial charge in [-0.25, -0.2) is 0 Å². The number of nitro benzene ring substituents is 1. The van der Waals surface area contributed by atoms with Gasteiger partial charge in [0.15, 0.2) is 11.5 Å². The third kappa shape index (κ3) is 2.32. The second-order valence-corrected chi connectivity index (χ2v) is 4.74. The molecule has 1 aliphatic heterocycles. The van der Waals surface area contributed by atoms with Crippen LogP contribution in [-0.2, 0) is 6.54 Å². The van der Waals surface area contributed by atoms with Gasteiger partial charge >= 0.3 is 0 Å². The van der Waals surface area contributed by atoms with Gasteiger partial charge < -0.3 is 14.8 Å². The normalized spacial score (nSPS) is 12.4. The Morgan fingerprint density at radius 3 is 2.84 bits per heavy atom. The molecular formula is C12H10N2O4S. The van der Waals surface area contributed by atoms with E-state index in [0.29, 0.717) is 23.7 Å². The first kappa shape index (κ1) is 11.8. The van der Waals surface area contributed by atoms with Gasteiger partial charge in [0.25, 0.3) is 5.69 Å². The van der Waals surface area contributed by atoms with E-state index >= 15 is 0 Å². The van der Waals surface area contributed by atoms with Crippen LogP contribution in [-0.4, -0.2) is 11.7 Å². The summed E-state index contributed by atoms with van der Waals surface area (Å²) >= 11 is 1.59. The van der Waals surface area contributed by atoms with Crippen molar-refractivity contribution in [1.29, 1.82) is 0 Å². The molecule has 0 fully saturated rings. The number of rotatable bonds is 4. The smallest absolute Gasteiger partial charge is 0.296 e. The molecule has 0 spiro atoms. The highest BCUT2D eigenvalue weighted by molar-refractivity contribution is 7.07. The van der Waals surface area contributed by atoms with Gasteiger partial charge in [-0.3, -0.25) is 10.1 Å². The lowest BCUT2D eigenvalue weighted by Crippen LogP contribution is -2.02. The van der Waals surface area contributed by atoms with Gasteiger partial charge in [0, 0.05) is 12.6 Å². The van der Waals surface area contributed by atoms with Gasteiger partial charge in [-0.2, -0.15) is 11.3 Å². The number of hydrogen-bond donors (Lipinski definition) is 1. The zero-order valence-electron chi connectivity index (χ0n) is 9.79. The summed E-state index contributed by atoms with van der Waals surface area (Å²) in [6.45, 7) is 0.629. The molecule has 0 saturated heterocycles. The lowest BCUT2D eigenvalue weighted by atomic mass is 10.2. The van der Waals surface area contributed by atoms with Crippen molar-refractivity contribution in [3.8, 4) is 11.5 Å². The Hall–Kier alpha value is -2.28. The van der Waals surface area contributed by atoms with E-state index in [4.69, 9.17) is 9.47 Å². The molecule has 3 rings (SSSR count). The fourth-order valence-corrected chi connectivity index (χ4v) is 2.48. The molecule has 1 N–H and O–H groups in total. The summed E-state index contributed by atoms with van der Waals surface area (Å²) in [7, 11) is 0. The Balaban J connectivity index is 1.88. The Morgan fingerprint density at radius 1 is 1.37 bits per heavy atom. The third-order valence-electron chi connectivity index (χ3n) is 2.75. The van der Waals surface area contributed by atoms with E-state index in [1.807, 2.05) is 16.8 Å². The number of nitrogens with zero attached hydrogens (tertiary/aromatic N) is 1. The number of hydrogen-bond acceptors (Lipinski definition) is 6. The van der Waals surface area contributed by atoms with Crippen molar-refractivity contribution in [3.63, 3.8) is 0 Å². The molecule has 0 bridgehead atoms. The molecule has 0 aliphatic carbocycles. The van der Waals surface area contributed by atoms with E-state index in [2.05, 4.69) is 5.32 Å². The molecule has 98 valence electrons. The van der Waals surface area contributed by atoms with Gasteiger partial charge in [0.1, 0.15) is 5.69 Å². The minimum atomic E-state index is -0.433. The summed E-state index contributed by atoms with van der Waals surface area (Å²) in [6, 6.07) is 4.96. The number of ether oxygens (including phenoxy) is 2. The summed E-state index contributed by atoms with van der Waals surface area (Å²) < 4.78 is 10.4. The van der Waals surface area contributed by atoms with Crippen molar-refractivity contribution in [3.05, 3.63) is 44.6 Å². The minimum Gasteiger partial charge on any atom is -0.454 e. The van der Waals surface area contributed by atoms with E-state index in [1.54, 1.807) is 17.4 Å². The number of fused-ring (bicyclic) bond motifs is 1. The summed E-state index contributed by atoms with van der Waals surface area (Å²) in [5.41, 5.74) is 1.50. The second kappa shape index (κ2) is 4.77. The van der Waals surface area contributed by atoms with Gasteiger partial charge in [0.2, 0.25) is 6.79 Å². The first-order valence-corrected chi connectivity index (χ1v) is 6.51. The molecule has 1 aliphatic rings. The Bertz CT molecular complexity index is 612. The quantitative estimate of drug-likeness (QED) is 0.687. The largest absolute Gasteiger partial charge is 0.454 e. The number of thiophene rings is 1. The Labute approximate surface area is 112 Å². The van der Waals surface area contributed by atoms with Gasteiger partial charge in [-0.1, -0.05) is 0 Å². The van der Waals surface area contributed by atoms with Crippen LogP contribution in [0.2, 0.25) is 0 Å². The van der Waals surface area contributed by atoms with E-state index in [9.17, 15) is 10.1 Å². The van der Waals surface area contributed by atoms with Crippen molar-refractivity contribution >= 4 is 22.7 Å². The average Bonchev–Trinajstić information content (AvgIpc) is 3.05. The van der Waals surface area contributed by atoms with Crippen LogP contribution in [0.5, 0.6) is 11.5 Å². The molecular weight excluding hydrogens is 268 g/mol. The van der Waals surface area contributed by atoms with Crippen LogP contribution in [0, 0.1) is 10.1 Å². The van der Waals surface area contributed by atoms with Crippen molar-refractivity contribution in [2.24, 2.45) is 0 Å². The Morgan fingerprint density at radius 2 is 2.16 bits per heavy atom. The summed E-state index contributed by atoms with van der Waals surface area (Å²) in [6.07, 6.45) is 0. The Kier molecular flexibility index (Phi) is 2.96. The van der Waals surface area contributed by atoms with Crippen molar-refractivity contribution in [2.75, 3.05) is 12.1 Å². The highest BCUT2D eigenvalue weighted by atomic mass is 32.1. The van der Waals surface area contributed by atoms with Crippen LogP contribution < -0.4 is 14.8 Å². The molecule has 0 radical (unpaired) electrons. The van der Waals surface area contributed by atoms with E-state index in [0.717, 1.165) is 5.56 Å². The maximum absolute atomic E-state index is 11.1. The molecule has 0 amide bonds. The molecule has 0 atom stereocenters. The molecule has 1 aromatic carbocycles. The highest BCUT2D eigenvalue weighted by Crippen LogP contribution is 2.40. The molecule has 0 saturated carbocycles. The number of nitro groups is 1. The summed E-state index contributed by atoms with van der Waals surface area (Å²) in [5.74, 6) is 0.936. The maximum Gasteiger partial charge on any atom is 0.296 e. The lowest BCUT2D eigenvalue weighted by Gasteiger charge is -2.07. The van der Waals surface area contributed by atoms with E-state index < -0.39 is 4.92 Å². The van der Waals surface area contributed by atoms with Crippen LogP contribution in [0.3, 0.4) is 0 Å². The standard InChI is InChI=1S/C12H10N2O4S/c15-14(16)10-4-12-11(17-7-18-12)3-9(10)13-5-8-1-2-19-6-8/h1-4,6,13H,5,7H2. The molecule has 6 nitrogen and oxygen atoms in total. The maximum atomic E-state index is 11.1. The number of nitrogens with one attached hydrogen (secondary N) is 1. The zero-order chi connectivity index (χ0) is 13.2. The molecule has 19 heavy (non-hydrogen) atoms. The van der Waals surface area contributed by atoms with Crippen LogP contribution in [0.4, 0.5) is 11.4 Å². The molecule has 7 heteroatoms. The van der Waals surface area contributed by atoms with Crippen molar-refractivity contribution < 1.29 is 14.4 Å². The van der Waals surface area contributed by atoms with Crippen LogP contribution in [0.15, 0.2) is 29.0 Å². The predicted molar refractivity (Wildman–Crippen MR) is 70.9 cm³/mol. The van der Waals surface area contributed by atoms with E-state index in [1.165, 1.54) is 6.07 Å². The highest BCUT2D eigenvalue weighted by Gasteiger charge is 2.23. The fraction of sp³-hybridized carbons (Fsp3) is 0.167. The average molecular weight is 278 g/mol. The molecule has 0 unspecified atom stereocenters. The van der Waals surface area contributed by atoms with Gasteiger partial charge in [0.05, 0.1) is 11.0 Å². The van der Waals surface area contributed by atoms with Crippen LogP contribution >= 0.6 is 11.3 Å². The molecule has 2 aromatic rings. The number of benzene rings is 1. The van der Waals surface area contributed by atoms with Gasteiger partial charge in [-0.05, 0) is 22.4 Å². The topological polar surface area (TPSA) is 73.6 Å². The fourth-order valence-electron chi connectivity index (χ4n) is 1.81. The zero-order valence-corrected chi connectivity index (χ0v) is 10.6. The predicted octanol–water partition coefficient (Wildman–Crippen LogP) is 3.00. The first-order valence-electron chi connectivity index (χ1n) is 5.57.